The van der Waals surface area contributed by atoms with Gasteiger partial charge < -0.3 is 20.9 Å². The summed E-state index contributed by atoms with van der Waals surface area (Å²) in [5, 5.41) is 13.2. The van der Waals surface area contributed by atoms with E-state index in [2.05, 4.69) is 10.3 Å². The number of pyridine rings is 1. The molecule has 1 aromatic heterocycles. The van der Waals surface area contributed by atoms with Crippen molar-refractivity contribution in [1.29, 1.82) is 0 Å². The lowest BCUT2D eigenvalue weighted by Gasteiger charge is -2.27. The quantitative estimate of drug-likeness (QED) is 0.590. The summed E-state index contributed by atoms with van der Waals surface area (Å²) in [6, 6.07) is 13.6. The lowest BCUT2D eigenvalue weighted by molar-refractivity contribution is -0.191. The Morgan fingerprint density at radius 3 is 2.53 bits per heavy atom. The molecule has 0 aliphatic carbocycles. The van der Waals surface area contributed by atoms with Crippen LogP contribution < -0.4 is 15.8 Å². The summed E-state index contributed by atoms with van der Waals surface area (Å²) >= 11 is 0. The maximum atomic E-state index is 12.4. The van der Waals surface area contributed by atoms with Gasteiger partial charge in [-0.3, -0.25) is 9.78 Å². The fourth-order valence-corrected chi connectivity index (χ4v) is 2.86. The van der Waals surface area contributed by atoms with Crippen molar-refractivity contribution in [1.82, 2.24) is 10.3 Å². The van der Waals surface area contributed by atoms with Crippen LogP contribution >= 0.6 is 0 Å². The topological polar surface area (TPSA) is 132 Å². The summed E-state index contributed by atoms with van der Waals surface area (Å²) < 4.78 is 5.98. The summed E-state index contributed by atoms with van der Waals surface area (Å²) in [4.78, 5) is 33.2. The van der Waals surface area contributed by atoms with E-state index in [4.69, 9.17) is 20.1 Å². The normalized spacial score (nSPS) is 10.5. The number of phenolic OH excluding ortho intramolecular Hbond substituents is 1. The van der Waals surface area contributed by atoms with E-state index in [1.54, 1.807) is 12.1 Å². The van der Waals surface area contributed by atoms with Crippen LogP contribution in [-0.2, 0) is 9.59 Å². The molecule has 156 valence electrons. The number of aromatic hydroxyl groups is 1. The van der Waals surface area contributed by atoms with Crippen molar-refractivity contribution in [2.75, 3.05) is 12.3 Å². The van der Waals surface area contributed by atoms with E-state index in [9.17, 15) is 9.90 Å². The summed E-state index contributed by atoms with van der Waals surface area (Å²) in [5.41, 5.74) is 8.12. The van der Waals surface area contributed by atoms with Crippen molar-refractivity contribution in [2.24, 2.45) is 0 Å². The SMILES string of the molecule is Cc1cc(N)c2c(OCC(C)(C)NC(=O)c3cccc(O)c3)cccc2n1.O=C=O. The Kier molecular flexibility index (Phi) is 7.12. The molecule has 0 unspecified atom stereocenters. The lowest BCUT2D eigenvalue weighted by atomic mass is 10.1. The van der Waals surface area contributed by atoms with E-state index in [0.29, 0.717) is 17.0 Å². The third-order valence-corrected chi connectivity index (χ3v) is 4.10. The predicted octanol–water partition coefficient (Wildman–Crippen LogP) is 2.83. The third-order valence-electron chi connectivity index (χ3n) is 4.10. The second-order valence-corrected chi connectivity index (χ2v) is 7.26. The number of carbonyl (C=O) groups is 1. The maximum Gasteiger partial charge on any atom is 0.373 e. The molecule has 0 aliphatic rings. The van der Waals surface area contributed by atoms with Gasteiger partial charge in [-0.1, -0.05) is 12.1 Å². The molecular weight excluding hydrogens is 386 g/mol. The maximum absolute atomic E-state index is 12.4. The summed E-state index contributed by atoms with van der Waals surface area (Å²) in [6.07, 6.45) is 0.250. The van der Waals surface area contributed by atoms with Crippen LogP contribution in [0.15, 0.2) is 48.5 Å². The first-order valence-electron chi connectivity index (χ1n) is 9.06. The van der Waals surface area contributed by atoms with Crippen LogP contribution in [-0.4, -0.2) is 34.3 Å². The van der Waals surface area contributed by atoms with Crippen LogP contribution in [0, 0.1) is 6.92 Å². The van der Waals surface area contributed by atoms with Crippen molar-refractivity contribution in [2.45, 2.75) is 26.3 Å². The summed E-state index contributed by atoms with van der Waals surface area (Å²) in [7, 11) is 0. The Labute approximate surface area is 173 Å². The van der Waals surface area contributed by atoms with Gasteiger partial charge in [-0.2, -0.15) is 9.59 Å². The van der Waals surface area contributed by atoms with Crippen LogP contribution in [0.4, 0.5) is 5.69 Å². The molecule has 1 heterocycles. The molecule has 0 radical (unpaired) electrons. The third kappa shape index (κ3) is 5.80. The smallest absolute Gasteiger partial charge is 0.373 e. The number of hydrogen-bond donors (Lipinski definition) is 3. The molecule has 0 saturated carbocycles. The first-order valence-corrected chi connectivity index (χ1v) is 9.06. The number of amides is 1. The Balaban J connectivity index is 0.00000101. The largest absolute Gasteiger partial charge is 0.508 e. The van der Waals surface area contributed by atoms with Crippen LogP contribution in [0.5, 0.6) is 11.5 Å². The first-order chi connectivity index (χ1) is 14.2. The highest BCUT2D eigenvalue weighted by molar-refractivity contribution is 5.96. The van der Waals surface area contributed by atoms with E-state index in [-0.39, 0.29) is 24.4 Å². The van der Waals surface area contributed by atoms with Crippen molar-refractivity contribution < 1.29 is 24.2 Å². The zero-order chi connectivity index (χ0) is 22.3. The van der Waals surface area contributed by atoms with Crippen molar-refractivity contribution >= 4 is 28.6 Å². The Bertz CT molecular complexity index is 1090. The number of nitrogens with one attached hydrogen (secondary N) is 1. The number of nitrogens with zero attached hydrogens (tertiary/aromatic N) is 1. The van der Waals surface area contributed by atoms with E-state index in [0.717, 1.165) is 16.6 Å². The summed E-state index contributed by atoms with van der Waals surface area (Å²) in [5.74, 6) is 0.386. The minimum atomic E-state index is -0.641. The van der Waals surface area contributed by atoms with Gasteiger partial charge in [0.15, 0.2) is 0 Å². The van der Waals surface area contributed by atoms with Crippen LogP contribution in [0.3, 0.4) is 0 Å². The van der Waals surface area contributed by atoms with Crippen molar-refractivity contribution in [3.8, 4) is 11.5 Å². The Morgan fingerprint density at radius 2 is 1.87 bits per heavy atom. The number of aryl methyl sites for hydroxylation is 1. The standard InChI is InChI=1S/C21H23N3O3.CO2/c1-13-10-16(22)19-17(23-13)8-5-9-18(19)27-12-21(2,3)24-20(26)14-6-4-7-15(25)11-14;2-1-3/h4-11,25H,12H2,1-3H3,(H2,22,23)(H,24,26);. The number of aromatic nitrogens is 1. The molecule has 2 aromatic carbocycles. The van der Waals surface area contributed by atoms with Gasteiger partial charge in [0.2, 0.25) is 0 Å². The average molecular weight is 409 g/mol. The van der Waals surface area contributed by atoms with Gasteiger partial charge in [0, 0.05) is 16.9 Å². The van der Waals surface area contributed by atoms with Gasteiger partial charge in [-0.05, 0) is 57.2 Å². The number of fused-ring (bicyclic) bond motifs is 1. The molecular formula is C22H23N3O5. The average Bonchev–Trinajstić information content (AvgIpc) is 2.66. The highest BCUT2D eigenvalue weighted by Crippen LogP contribution is 2.30. The fourth-order valence-electron chi connectivity index (χ4n) is 2.86. The van der Waals surface area contributed by atoms with Gasteiger partial charge in [-0.15, -0.1) is 0 Å². The molecule has 3 rings (SSSR count). The molecule has 0 saturated heterocycles. The number of nitrogens with two attached hydrogens (primary N) is 1. The second kappa shape index (κ2) is 9.54. The molecule has 4 N–H and O–H groups in total. The number of anilines is 1. The van der Waals surface area contributed by atoms with Gasteiger partial charge in [0.05, 0.1) is 16.4 Å². The number of nitrogen functional groups attached to an aromatic ring is 1. The molecule has 8 heteroatoms. The zero-order valence-electron chi connectivity index (χ0n) is 16.9. The Morgan fingerprint density at radius 1 is 1.20 bits per heavy atom. The number of phenols is 1. The number of benzene rings is 2. The predicted molar refractivity (Wildman–Crippen MR) is 111 cm³/mol. The van der Waals surface area contributed by atoms with E-state index < -0.39 is 5.54 Å². The van der Waals surface area contributed by atoms with Gasteiger partial charge in [-0.25, -0.2) is 0 Å². The number of ether oxygens (including phenoxy) is 1. The number of rotatable bonds is 5. The van der Waals surface area contributed by atoms with Crippen LogP contribution in [0.1, 0.15) is 29.9 Å². The second-order valence-electron chi connectivity index (χ2n) is 7.26. The lowest BCUT2D eigenvalue weighted by Crippen LogP contribution is -2.47. The molecule has 1 amide bonds. The number of carbonyl (C=O) groups excluding carboxylic acids is 3. The molecule has 0 fully saturated rings. The molecule has 0 atom stereocenters. The van der Waals surface area contributed by atoms with E-state index in [1.807, 2.05) is 45.0 Å². The minimum absolute atomic E-state index is 0.0470. The zero-order valence-corrected chi connectivity index (χ0v) is 16.9. The molecule has 0 aliphatic heterocycles. The highest BCUT2D eigenvalue weighted by Gasteiger charge is 2.23. The van der Waals surface area contributed by atoms with Crippen LogP contribution in [0.2, 0.25) is 0 Å². The van der Waals surface area contributed by atoms with Gasteiger partial charge in [0.25, 0.3) is 5.91 Å². The van der Waals surface area contributed by atoms with Crippen LogP contribution in [0.25, 0.3) is 10.9 Å². The monoisotopic (exact) mass is 409 g/mol. The summed E-state index contributed by atoms with van der Waals surface area (Å²) in [6.45, 7) is 5.86. The van der Waals surface area contributed by atoms with Gasteiger partial charge >= 0.3 is 6.15 Å². The number of hydrogen-bond acceptors (Lipinski definition) is 7. The molecule has 3 aromatic rings. The van der Waals surface area contributed by atoms with Crippen molar-refractivity contribution in [3.05, 3.63) is 59.8 Å². The Hall–Kier alpha value is -3.90. The van der Waals surface area contributed by atoms with E-state index in [1.165, 1.54) is 12.1 Å². The molecule has 0 spiro atoms. The van der Waals surface area contributed by atoms with E-state index >= 15 is 0 Å². The molecule has 8 nitrogen and oxygen atoms in total. The van der Waals surface area contributed by atoms with Gasteiger partial charge in [0.1, 0.15) is 18.1 Å². The fraction of sp³-hybridized carbons (Fsp3) is 0.227. The highest BCUT2D eigenvalue weighted by atomic mass is 16.5. The first kappa shape index (κ1) is 22.4. The minimum Gasteiger partial charge on any atom is -0.508 e. The van der Waals surface area contributed by atoms with Crippen molar-refractivity contribution in [3.63, 3.8) is 0 Å². The molecule has 30 heavy (non-hydrogen) atoms. The molecule has 0 bridgehead atoms.